The molecule has 0 aliphatic rings. The number of carbonyl (C=O) groups excluding carboxylic acids is 2. The molecule has 4 nitrogen and oxygen atoms in total. The van der Waals surface area contributed by atoms with E-state index in [9.17, 15) is 9.59 Å². The average molecular weight is 346 g/mol. The van der Waals surface area contributed by atoms with E-state index in [0.717, 1.165) is 19.3 Å². The van der Waals surface area contributed by atoms with Gasteiger partial charge >= 0.3 is 5.97 Å². The van der Waals surface area contributed by atoms with E-state index < -0.39 is 5.97 Å². The first-order chi connectivity index (χ1) is 11.5. The highest BCUT2D eigenvalue weighted by atomic mass is 35.5. The molecule has 126 valence electrons. The van der Waals surface area contributed by atoms with E-state index in [0.29, 0.717) is 16.3 Å². The third kappa shape index (κ3) is 4.59. The molecule has 2 aromatic carbocycles. The highest BCUT2D eigenvalue weighted by molar-refractivity contribution is 6.31. The van der Waals surface area contributed by atoms with Crippen molar-refractivity contribution in [3.8, 4) is 0 Å². The van der Waals surface area contributed by atoms with E-state index in [1.54, 1.807) is 18.2 Å². The summed E-state index contributed by atoms with van der Waals surface area (Å²) in [5.41, 5.74) is 2.31. The minimum absolute atomic E-state index is 0.259. The molecule has 1 amide bonds. The zero-order chi connectivity index (χ0) is 17.5. The van der Waals surface area contributed by atoms with Crippen molar-refractivity contribution in [2.24, 2.45) is 0 Å². The summed E-state index contributed by atoms with van der Waals surface area (Å²) in [6.45, 7) is 2.14. The lowest BCUT2D eigenvalue weighted by atomic mass is 10.1. The van der Waals surface area contributed by atoms with E-state index in [2.05, 4.69) is 12.2 Å². The molecular weight excluding hydrogens is 326 g/mol. The Morgan fingerprint density at radius 3 is 2.46 bits per heavy atom. The fourth-order valence-corrected chi connectivity index (χ4v) is 2.48. The van der Waals surface area contributed by atoms with Crippen molar-refractivity contribution in [2.75, 3.05) is 12.4 Å². The van der Waals surface area contributed by atoms with Gasteiger partial charge in [0.1, 0.15) is 0 Å². The summed E-state index contributed by atoms with van der Waals surface area (Å²) in [7, 11) is 1.29. The average Bonchev–Trinajstić information content (AvgIpc) is 2.60. The number of nitrogens with one attached hydrogen (secondary N) is 1. The summed E-state index contributed by atoms with van der Waals surface area (Å²) in [4.78, 5) is 24.2. The third-order valence-corrected chi connectivity index (χ3v) is 3.91. The van der Waals surface area contributed by atoms with E-state index in [1.807, 2.05) is 12.1 Å². The van der Waals surface area contributed by atoms with Crippen LogP contribution in [0.4, 0.5) is 5.69 Å². The van der Waals surface area contributed by atoms with Crippen molar-refractivity contribution in [3.05, 3.63) is 64.2 Å². The molecule has 0 atom stereocenters. The van der Waals surface area contributed by atoms with Crippen molar-refractivity contribution in [1.29, 1.82) is 0 Å². The highest BCUT2D eigenvalue weighted by Crippen LogP contribution is 2.22. The topological polar surface area (TPSA) is 55.4 Å². The number of benzene rings is 2. The lowest BCUT2D eigenvalue weighted by molar-refractivity contribution is 0.0602. The van der Waals surface area contributed by atoms with Crippen molar-refractivity contribution >= 4 is 29.2 Å². The van der Waals surface area contributed by atoms with Crippen LogP contribution >= 0.6 is 11.6 Å². The number of unbranched alkanes of at least 4 members (excludes halogenated alkanes) is 1. The molecule has 0 spiro atoms. The molecule has 1 N–H and O–H groups in total. The van der Waals surface area contributed by atoms with Crippen LogP contribution in [-0.4, -0.2) is 19.0 Å². The van der Waals surface area contributed by atoms with E-state index in [-0.39, 0.29) is 11.5 Å². The van der Waals surface area contributed by atoms with E-state index >= 15 is 0 Å². The number of aryl methyl sites for hydroxylation is 1. The lowest BCUT2D eigenvalue weighted by Gasteiger charge is -2.11. The number of hydrogen-bond acceptors (Lipinski definition) is 3. The van der Waals surface area contributed by atoms with Gasteiger partial charge in [-0.2, -0.15) is 0 Å². The number of halogens is 1. The summed E-state index contributed by atoms with van der Waals surface area (Å²) < 4.78 is 4.72. The molecule has 5 heteroatoms. The van der Waals surface area contributed by atoms with Crippen LogP contribution in [-0.2, 0) is 11.2 Å². The molecule has 0 aliphatic heterocycles. The second-order valence-electron chi connectivity index (χ2n) is 5.44. The monoisotopic (exact) mass is 345 g/mol. The van der Waals surface area contributed by atoms with Gasteiger partial charge in [0.15, 0.2) is 0 Å². The fraction of sp³-hybridized carbons (Fsp3) is 0.263. The maximum absolute atomic E-state index is 12.4. The molecule has 2 aromatic rings. The quantitative estimate of drug-likeness (QED) is 0.770. The second kappa shape index (κ2) is 8.50. The Kier molecular flexibility index (Phi) is 6.38. The van der Waals surface area contributed by atoms with Crippen molar-refractivity contribution in [2.45, 2.75) is 26.2 Å². The molecule has 2 rings (SSSR count). The number of anilines is 1. The van der Waals surface area contributed by atoms with Gasteiger partial charge in [-0.1, -0.05) is 37.1 Å². The number of esters is 1. The summed E-state index contributed by atoms with van der Waals surface area (Å²) in [5, 5.41) is 3.15. The van der Waals surface area contributed by atoms with Gasteiger partial charge in [-0.25, -0.2) is 4.79 Å². The third-order valence-electron chi connectivity index (χ3n) is 3.67. The molecule has 0 saturated carbocycles. The normalized spacial score (nSPS) is 10.3. The predicted molar refractivity (Wildman–Crippen MR) is 95.8 cm³/mol. The first kappa shape index (κ1) is 18.0. The number of carbonyl (C=O) groups is 2. The molecule has 0 aliphatic carbocycles. The van der Waals surface area contributed by atoms with Crippen LogP contribution in [0.2, 0.25) is 5.02 Å². The minimum atomic E-state index is -0.531. The van der Waals surface area contributed by atoms with E-state index in [1.165, 1.54) is 24.8 Å². The van der Waals surface area contributed by atoms with Crippen LogP contribution in [0.25, 0.3) is 0 Å². The molecule has 0 heterocycles. The van der Waals surface area contributed by atoms with Crippen LogP contribution < -0.4 is 5.32 Å². The first-order valence-corrected chi connectivity index (χ1v) is 8.21. The van der Waals surface area contributed by atoms with Crippen LogP contribution in [0.5, 0.6) is 0 Å². The van der Waals surface area contributed by atoms with Gasteiger partial charge in [0.05, 0.1) is 18.4 Å². The van der Waals surface area contributed by atoms with Crippen molar-refractivity contribution in [3.63, 3.8) is 0 Å². The molecule has 0 bridgehead atoms. The molecule has 0 radical (unpaired) electrons. The largest absolute Gasteiger partial charge is 0.465 e. The van der Waals surface area contributed by atoms with Gasteiger partial charge in [-0.3, -0.25) is 4.79 Å². The standard InChI is InChI=1S/C19H20ClNO3/c1-3-4-5-13-6-8-14(9-7-13)18(22)21-17-12-15(20)10-11-16(17)19(23)24-2/h6-12H,3-5H2,1-2H3,(H,21,22). The maximum Gasteiger partial charge on any atom is 0.339 e. The number of hydrogen-bond donors (Lipinski definition) is 1. The Morgan fingerprint density at radius 1 is 1.12 bits per heavy atom. The zero-order valence-corrected chi connectivity index (χ0v) is 14.5. The summed E-state index contributed by atoms with van der Waals surface area (Å²) in [5.74, 6) is -0.832. The maximum atomic E-state index is 12.4. The van der Waals surface area contributed by atoms with Gasteiger partial charge in [0.25, 0.3) is 5.91 Å². The smallest absolute Gasteiger partial charge is 0.339 e. The summed E-state index contributed by atoms with van der Waals surface area (Å²) in [6.07, 6.45) is 3.25. The minimum Gasteiger partial charge on any atom is -0.465 e. The van der Waals surface area contributed by atoms with Gasteiger partial charge in [0, 0.05) is 10.6 Å². The number of methoxy groups -OCH3 is 1. The van der Waals surface area contributed by atoms with Crippen LogP contribution in [0.1, 0.15) is 46.0 Å². The number of ether oxygens (including phenoxy) is 1. The molecule has 0 unspecified atom stereocenters. The highest BCUT2D eigenvalue weighted by Gasteiger charge is 2.15. The Morgan fingerprint density at radius 2 is 1.83 bits per heavy atom. The van der Waals surface area contributed by atoms with E-state index in [4.69, 9.17) is 16.3 Å². The Balaban J connectivity index is 2.17. The summed E-state index contributed by atoms with van der Waals surface area (Å²) in [6, 6.07) is 12.1. The van der Waals surface area contributed by atoms with Gasteiger partial charge in [-0.15, -0.1) is 0 Å². The first-order valence-electron chi connectivity index (χ1n) is 7.83. The van der Waals surface area contributed by atoms with Crippen molar-refractivity contribution in [1.82, 2.24) is 0 Å². The molecular formula is C19H20ClNO3. The van der Waals surface area contributed by atoms with Gasteiger partial charge in [-0.05, 0) is 48.7 Å². The summed E-state index contributed by atoms with van der Waals surface area (Å²) >= 11 is 5.96. The van der Waals surface area contributed by atoms with Crippen LogP contribution in [0, 0.1) is 0 Å². The molecule has 0 saturated heterocycles. The number of rotatable bonds is 6. The Hall–Kier alpha value is -2.33. The Labute approximate surface area is 146 Å². The lowest BCUT2D eigenvalue weighted by Crippen LogP contribution is -2.15. The zero-order valence-electron chi connectivity index (χ0n) is 13.8. The van der Waals surface area contributed by atoms with Crippen LogP contribution in [0.3, 0.4) is 0 Å². The SMILES string of the molecule is CCCCc1ccc(C(=O)Nc2cc(Cl)ccc2C(=O)OC)cc1. The number of amides is 1. The predicted octanol–water partition coefficient (Wildman–Crippen LogP) is 4.72. The fourth-order valence-electron chi connectivity index (χ4n) is 2.31. The molecule has 0 fully saturated rings. The molecule has 24 heavy (non-hydrogen) atoms. The second-order valence-corrected chi connectivity index (χ2v) is 5.87. The van der Waals surface area contributed by atoms with Gasteiger partial charge < -0.3 is 10.1 Å². The van der Waals surface area contributed by atoms with Crippen LogP contribution in [0.15, 0.2) is 42.5 Å². The molecule has 0 aromatic heterocycles. The Bertz CT molecular complexity index is 726. The van der Waals surface area contributed by atoms with Crippen molar-refractivity contribution < 1.29 is 14.3 Å². The van der Waals surface area contributed by atoms with Gasteiger partial charge in [0.2, 0.25) is 0 Å².